The fourth-order valence-corrected chi connectivity index (χ4v) is 3.96. The van der Waals surface area contributed by atoms with Crippen LogP contribution in [0.15, 0.2) is 73.2 Å². The summed E-state index contributed by atoms with van der Waals surface area (Å²) in [5.41, 5.74) is 6.56. The molecule has 0 aliphatic carbocycles. The Morgan fingerprint density at radius 3 is 2.67 bits per heavy atom. The second-order valence-corrected chi connectivity index (χ2v) is 8.08. The summed E-state index contributed by atoms with van der Waals surface area (Å²) in [6, 6.07) is 17.7. The number of nitrogens with one attached hydrogen (secondary N) is 1. The van der Waals surface area contributed by atoms with Crippen LogP contribution in [0.25, 0.3) is 11.3 Å². The van der Waals surface area contributed by atoms with Crippen molar-refractivity contribution in [2.75, 3.05) is 16.8 Å². The van der Waals surface area contributed by atoms with Crippen LogP contribution in [0.1, 0.15) is 16.7 Å². The summed E-state index contributed by atoms with van der Waals surface area (Å²) >= 11 is 0. The van der Waals surface area contributed by atoms with Crippen molar-refractivity contribution >= 4 is 23.2 Å². The van der Waals surface area contributed by atoms with Crippen LogP contribution in [0.2, 0.25) is 0 Å². The molecule has 5 rings (SSSR count). The number of aromatic nitrogens is 3. The normalized spacial score (nSPS) is 12.8. The van der Waals surface area contributed by atoms with Gasteiger partial charge in [0.2, 0.25) is 5.95 Å². The number of nitrogens with zero attached hydrogens (tertiary/aromatic N) is 4. The Kier molecular flexibility index (Phi) is 5.44. The number of carbonyl (C=O) groups is 1. The fourth-order valence-electron chi connectivity index (χ4n) is 3.96. The molecule has 0 saturated heterocycles. The molecule has 3 heterocycles. The summed E-state index contributed by atoms with van der Waals surface area (Å²) in [6.45, 7) is 4.56. The Morgan fingerprint density at radius 2 is 1.88 bits per heavy atom. The average Bonchev–Trinajstić information content (AvgIpc) is 2.81. The van der Waals surface area contributed by atoms with Gasteiger partial charge in [0.05, 0.1) is 17.9 Å². The van der Waals surface area contributed by atoms with Crippen LogP contribution in [-0.4, -0.2) is 27.5 Å². The van der Waals surface area contributed by atoms with Crippen molar-refractivity contribution in [3.63, 3.8) is 0 Å². The van der Waals surface area contributed by atoms with Crippen LogP contribution in [0.4, 0.5) is 17.3 Å². The number of aryl methyl sites for hydroxylation is 2. The van der Waals surface area contributed by atoms with Gasteiger partial charge < -0.3 is 15.0 Å². The zero-order valence-corrected chi connectivity index (χ0v) is 18.4. The van der Waals surface area contributed by atoms with Crippen LogP contribution in [-0.2, 0) is 11.3 Å². The Bertz CT molecular complexity index is 1300. The predicted molar refractivity (Wildman–Crippen MR) is 128 cm³/mol. The molecule has 7 nitrogen and oxygen atoms in total. The van der Waals surface area contributed by atoms with Gasteiger partial charge >= 0.3 is 0 Å². The molecular weight excluding hydrogens is 414 g/mol. The number of carbonyl (C=O) groups excluding carboxylic acids is 1. The molecule has 2 aromatic heterocycles. The maximum absolute atomic E-state index is 12.7. The highest BCUT2D eigenvalue weighted by molar-refractivity contribution is 5.98. The van der Waals surface area contributed by atoms with Crippen LogP contribution >= 0.6 is 0 Å². The Labute approximate surface area is 192 Å². The van der Waals surface area contributed by atoms with E-state index < -0.39 is 0 Å². The molecule has 0 unspecified atom stereocenters. The lowest BCUT2D eigenvalue weighted by atomic mass is 10.1. The highest BCUT2D eigenvalue weighted by Gasteiger charge is 2.26. The highest BCUT2D eigenvalue weighted by atomic mass is 16.5. The lowest BCUT2D eigenvalue weighted by molar-refractivity contribution is -0.121. The van der Waals surface area contributed by atoms with E-state index in [2.05, 4.69) is 47.3 Å². The van der Waals surface area contributed by atoms with E-state index in [1.807, 2.05) is 36.4 Å². The molecule has 0 saturated carbocycles. The number of fused-ring (bicyclic) bond motifs is 1. The van der Waals surface area contributed by atoms with Gasteiger partial charge in [0.1, 0.15) is 5.75 Å². The van der Waals surface area contributed by atoms with Crippen molar-refractivity contribution < 1.29 is 9.53 Å². The standard InChI is InChI=1S/C26H23N5O2/c1-17-10-18(2)12-21(11-17)29-26-28-9-7-22(30-26)20-5-6-24-23(13-20)31(25(32)16-33-24)15-19-4-3-8-27-14-19/h3-14H,15-16H2,1-2H3,(H,28,29,30). The first kappa shape index (κ1) is 20.6. The third-order valence-corrected chi connectivity index (χ3v) is 5.39. The number of anilines is 3. The van der Waals surface area contributed by atoms with Gasteiger partial charge in [-0.25, -0.2) is 9.97 Å². The van der Waals surface area contributed by atoms with Crippen molar-refractivity contribution in [3.05, 3.63) is 89.9 Å². The number of benzene rings is 2. The second kappa shape index (κ2) is 8.70. The molecule has 0 spiro atoms. The van der Waals surface area contributed by atoms with Crippen molar-refractivity contribution in [1.29, 1.82) is 0 Å². The number of rotatable bonds is 5. The minimum Gasteiger partial charge on any atom is -0.482 e. The molecule has 0 atom stereocenters. The second-order valence-electron chi connectivity index (χ2n) is 8.08. The Hall–Kier alpha value is -4.26. The van der Waals surface area contributed by atoms with Crippen molar-refractivity contribution in [2.45, 2.75) is 20.4 Å². The Morgan fingerprint density at radius 1 is 1.03 bits per heavy atom. The average molecular weight is 438 g/mol. The van der Waals surface area contributed by atoms with Gasteiger partial charge in [-0.3, -0.25) is 9.78 Å². The van der Waals surface area contributed by atoms with Crippen molar-refractivity contribution in [2.24, 2.45) is 0 Å². The quantitative estimate of drug-likeness (QED) is 0.482. The molecular formula is C26H23N5O2. The highest BCUT2D eigenvalue weighted by Crippen LogP contribution is 2.36. The zero-order chi connectivity index (χ0) is 22.8. The van der Waals surface area contributed by atoms with Gasteiger partial charge in [-0.1, -0.05) is 12.1 Å². The van der Waals surface area contributed by atoms with Crippen LogP contribution in [0, 0.1) is 13.8 Å². The summed E-state index contributed by atoms with van der Waals surface area (Å²) in [5, 5.41) is 3.29. The fraction of sp³-hybridized carbons (Fsp3) is 0.154. The third kappa shape index (κ3) is 4.52. The van der Waals surface area contributed by atoms with E-state index in [0.717, 1.165) is 28.2 Å². The molecule has 0 bridgehead atoms. The van der Waals surface area contributed by atoms with E-state index in [1.165, 1.54) is 11.1 Å². The molecule has 0 radical (unpaired) electrons. The summed E-state index contributed by atoms with van der Waals surface area (Å²) in [5.74, 6) is 1.09. The molecule has 1 N–H and O–H groups in total. The molecule has 164 valence electrons. The van der Waals surface area contributed by atoms with Gasteiger partial charge in [0.25, 0.3) is 5.91 Å². The Balaban J connectivity index is 1.46. The van der Waals surface area contributed by atoms with E-state index in [4.69, 9.17) is 9.72 Å². The first-order valence-corrected chi connectivity index (χ1v) is 10.7. The SMILES string of the molecule is Cc1cc(C)cc(Nc2nccc(-c3ccc4c(c3)N(Cc3cccnc3)C(=O)CO4)n2)c1. The lowest BCUT2D eigenvalue weighted by Crippen LogP contribution is -2.38. The molecule has 1 amide bonds. The van der Waals surface area contributed by atoms with E-state index in [9.17, 15) is 4.79 Å². The van der Waals surface area contributed by atoms with Crippen LogP contribution < -0.4 is 15.0 Å². The summed E-state index contributed by atoms with van der Waals surface area (Å²) in [4.78, 5) is 27.6. The monoisotopic (exact) mass is 437 g/mol. The van der Waals surface area contributed by atoms with Crippen LogP contribution in [0.3, 0.4) is 0 Å². The maximum atomic E-state index is 12.7. The van der Waals surface area contributed by atoms with E-state index in [-0.39, 0.29) is 12.5 Å². The minimum atomic E-state index is -0.0941. The van der Waals surface area contributed by atoms with Crippen molar-refractivity contribution in [1.82, 2.24) is 15.0 Å². The summed E-state index contributed by atoms with van der Waals surface area (Å²) in [7, 11) is 0. The molecule has 0 fully saturated rings. The van der Waals surface area contributed by atoms with E-state index in [1.54, 1.807) is 23.5 Å². The van der Waals surface area contributed by atoms with E-state index >= 15 is 0 Å². The molecule has 2 aromatic carbocycles. The molecule has 7 heteroatoms. The zero-order valence-electron chi connectivity index (χ0n) is 18.4. The minimum absolute atomic E-state index is 0.0179. The third-order valence-electron chi connectivity index (χ3n) is 5.39. The first-order chi connectivity index (χ1) is 16.0. The van der Waals surface area contributed by atoms with Gasteiger partial charge in [-0.05, 0) is 73.0 Å². The molecule has 33 heavy (non-hydrogen) atoms. The number of hydrogen-bond acceptors (Lipinski definition) is 6. The van der Waals surface area contributed by atoms with Crippen LogP contribution in [0.5, 0.6) is 5.75 Å². The maximum Gasteiger partial charge on any atom is 0.265 e. The van der Waals surface area contributed by atoms with E-state index in [0.29, 0.717) is 18.2 Å². The van der Waals surface area contributed by atoms with Gasteiger partial charge in [-0.2, -0.15) is 0 Å². The lowest BCUT2D eigenvalue weighted by Gasteiger charge is -2.29. The number of hydrogen-bond donors (Lipinski definition) is 1. The summed E-state index contributed by atoms with van der Waals surface area (Å²) < 4.78 is 5.67. The number of amides is 1. The molecule has 4 aromatic rings. The van der Waals surface area contributed by atoms with Gasteiger partial charge in [0, 0.05) is 29.8 Å². The summed E-state index contributed by atoms with van der Waals surface area (Å²) in [6.07, 6.45) is 5.21. The van der Waals surface area contributed by atoms with Gasteiger partial charge in [-0.15, -0.1) is 0 Å². The number of pyridine rings is 1. The topological polar surface area (TPSA) is 80.2 Å². The van der Waals surface area contributed by atoms with Gasteiger partial charge in [0.15, 0.2) is 6.61 Å². The van der Waals surface area contributed by atoms with Crippen molar-refractivity contribution in [3.8, 4) is 17.0 Å². The largest absolute Gasteiger partial charge is 0.482 e. The molecule has 1 aliphatic rings. The smallest absolute Gasteiger partial charge is 0.265 e. The molecule has 1 aliphatic heterocycles. The number of ether oxygens (including phenoxy) is 1. The first-order valence-electron chi connectivity index (χ1n) is 10.7. The predicted octanol–water partition coefficient (Wildman–Crippen LogP) is 4.82.